The van der Waals surface area contributed by atoms with E-state index in [0.29, 0.717) is 6.42 Å². The molecule has 10 heteroatoms. The van der Waals surface area contributed by atoms with Gasteiger partial charge in [-0.2, -0.15) is 0 Å². The first-order valence-electron chi connectivity index (χ1n) is 21.5. The van der Waals surface area contributed by atoms with E-state index >= 15 is 0 Å². The van der Waals surface area contributed by atoms with Crippen molar-refractivity contribution in [3.8, 4) is 0 Å². The average molecular weight is 792 g/mol. The van der Waals surface area contributed by atoms with Crippen molar-refractivity contribution in [2.45, 2.75) is 174 Å². The van der Waals surface area contributed by atoms with Gasteiger partial charge in [-0.15, -0.1) is 0 Å². The Bertz CT molecular complexity index is 1130. The van der Waals surface area contributed by atoms with E-state index in [1.165, 1.54) is 96.0 Å². The second kappa shape index (κ2) is 41.1. The van der Waals surface area contributed by atoms with E-state index in [-0.39, 0.29) is 26.2 Å². The Kier molecular flexibility index (Phi) is 39.2. The van der Waals surface area contributed by atoms with Crippen LogP contribution in [0.2, 0.25) is 0 Å². The summed E-state index contributed by atoms with van der Waals surface area (Å²) in [4.78, 5) is 34.7. The molecule has 0 rings (SSSR count). The largest absolute Gasteiger partial charge is 0.472 e. The number of hydrogen-bond donors (Lipinski definition) is 2. The number of carbonyl (C=O) groups excluding carboxylic acids is 2. The van der Waals surface area contributed by atoms with Gasteiger partial charge < -0.3 is 20.1 Å². The fourth-order valence-corrected chi connectivity index (χ4v) is 6.23. The highest BCUT2D eigenvalue weighted by molar-refractivity contribution is 7.47. The van der Waals surface area contributed by atoms with E-state index < -0.39 is 32.5 Å². The number of esters is 2. The number of phosphoric acid groups is 1. The Morgan fingerprint density at radius 2 is 1.07 bits per heavy atom. The number of nitrogens with two attached hydrogens (primary N) is 1. The number of phosphoric ester groups is 1. The molecular formula is C45H78NO8P. The lowest BCUT2D eigenvalue weighted by atomic mass is 10.1. The first-order chi connectivity index (χ1) is 26.8. The molecule has 0 aliphatic heterocycles. The highest BCUT2D eigenvalue weighted by atomic mass is 31.2. The average Bonchev–Trinajstić information content (AvgIpc) is 3.17. The third-order valence-corrected chi connectivity index (χ3v) is 9.66. The van der Waals surface area contributed by atoms with Crippen molar-refractivity contribution in [2.75, 3.05) is 26.4 Å². The van der Waals surface area contributed by atoms with Gasteiger partial charge in [-0.1, -0.05) is 164 Å². The summed E-state index contributed by atoms with van der Waals surface area (Å²) in [6.07, 6.45) is 49.9. The summed E-state index contributed by atoms with van der Waals surface area (Å²) in [5.74, 6) is -1.12. The SMILES string of the molecule is CCCCC/C=C/C/C=C/C/C=C/C/C=C/CCCCCC(=O)OC[C@H](COP(=O)(O)OCCN)OC(=O)/C=C/C=C/CCCCCCCCCCCCC. The van der Waals surface area contributed by atoms with Crippen molar-refractivity contribution in [2.24, 2.45) is 5.73 Å². The zero-order valence-corrected chi connectivity index (χ0v) is 35.5. The van der Waals surface area contributed by atoms with E-state index in [4.69, 9.17) is 24.3 Å². The quantitative estimate of drug-likeness (QED) is 0.0156. The van der Waals surface area contributed by atoms with Crippen LogP contribution in [0.15, 0.2) is 72.9 Å². The first-order valence-corrected chi connectivity index (χ1v) is 23.0. The van der Waals surface area contributed by atoms with Gasteiger partial charge in [0.05, 0.1) is 13.2 Å². The molecule has 0 bridgehead atoms. The highest BCUT2D eigenvalue weighted by Gasteiger charge is 2.25. The van der Waals surface area contributed by atoms with E-state index in [9.17, 15) is 19.0 Å². The second-order valence-electron chi connectivity index (χ2n) is 13.9. The molecule has 9 nitrogen and oxygen atoms in total. The van der Waals surface area contributed by atoms with Gasteiger partial charge in [0.25, 0.3) is 0 Å². The Balaban J connectivity index is 4.33. The molecule has 0 heterocycles. The molecule has 0 saturated heterocycles. The predicted molar refractivity (Wildman–Crippen MR) is 229 cm³/mol. The van der Waals surface area contributed by atoms with Crippen LogP contribution in [0.4, 0.5) is 0 Å². The normalized spacial score (nSPS) is 14.0. The molecule has 55 heavy (non-hydrogen) atoms. The topological polar surface area (TPSA) is 134 Å². The van der Waals surface area contributed by atoms with Gasteiger partial charge in [-0.25, -0.2) is 9.36 Å². The molecule has 0 aromatic heterocycles. The summed E-state index contributed by atoms with van der Waals surface area (Å²) in [6.45, 7) is 3.53. The number of allylic oxidation sites excluding steroid dienone is 11. The van der Waals surface area contributed by atoms with Crippen LogP contribution in [-0.2, 0) is 32.7 Å². The van der Waals surface area contributed by atoms with Gasteiger partial charge in [0.15, 0.2) is 6.10 Å². The van der Waals surface area contributed by atoms with Crippen molar-refractivity contribution < 1.29 is 37.6 Å². The molecule has 0 fully saturated rings. The smallest absolute Gasteiger partial charge is 0.462 e. The first kappa shape index (κ1) is 52.5. The molecule has 0 saturated carbocycles. The minimum absolute atomic E-state index is 0.0328. The molecule has 1 unspecified atom stereocenters. The fourth-order valence-electron chi connectivity index (χ4n) is 5.46. The van der Waals surface area contributed by atoms with Crippen molar-refractivity contribution >= 4 is 19.8 Å². The van der Waals surface area contributed by atoms with Crippen LogP contribution < -0.4 is 5.73 Å². The zero-order chi connectivity index (χ0) is 40.3. The van der Waals surface area contributed by atoms with E-state index in [2.05, 4.69) is 62.5 Å². The maximum atomic E-state index is 12.5. The molecule has 0 aromatic carbocycles. The van der Waals surface area contributed by atoms with Gasteiger partial charge in [-0.3, -0.25) is 13.8 Å². The van der Waals surface area contributed by atoms with Crippen LogP contribution in [0.25, 0.3) is 0 Å². The van der Waals surface area contributed by atoms with Crippen molar-refractivity contribution in [3.63, 3.8) is 0 Å². The zero-order valence-electron chi connectivity index (χ0n) is 34.6. The van der Waals surface area contributed by atoms with Crippen molar-refractivity contribution in [1.29, 1.82) is 0 Å². The minimum Gasteiger partial charge on any atom is -0.462 e. The lowest BCUT2D eigenvalue weighted by Gasteiger charge is -2.19. The Labute approximate surface area is 335 Å². The molecule has 0 aliphatic carbocycles. The monoisotopic (exact) mass is 792 g/mol. The Morgan fingerprint density at radius 3 is 1.64 bits per heavy atom. The van der Waals surface area contributed by atoms with Crippen LogP contribution in [-0.4, -0.2) is 49.3 Å². The lowest BCUT2D eigenvalue weighted by molar-refractivity contribution is -0.157. The molecule has 2 atom stereocenters. The predicted octanol–water partition coefficient (Wildman–Crippen LogP) is 12.3. The molecule has 0 spiro atoms. The summed E-state index contributed by atoms with van der Waals surface area (Å²) in [7, 11) is -4.41. The third kappa shape index (κ3) is 40.9. The third-order valence-electron chi connectivity index (χ3n) is 8.67. The van der Waals surface area contributed by atoms with E-state index in [1.807, 2.05) is 6.08 Å². The molecule has 3 N–H and O–H groups in total. The van der Waals surface area contributed by atoms with Crippen LogP contribution in [0.5, 0.6) is 0 Å². The highest BCUT2D eigenvalue weighted by Crippen LogP contribution is 2.43. The van der Waals surface area contributed by atoms with Crippen LogP contribution in [0.3, 0.4) is 0 Å². The molecule has 0 radical (unpaired) electrons. The minimum atomic E-state index is -4.41. The lowest BCUT2D eigenvalue weighted by Crippen LogP contribution is -2.29. The maximum Gasteiger partial charge on any atom is 0.472 e. The van der Waals surface area contributed by atoms with E-state index in [1.54, 1.807) is 12.2 Å². The Hall–Kier alpha value is -2.55. The van der Waals surface area contributed by atoms with Gasteiger partial charge in [0.1, 0.15) is 6.61 Å². The van der Waals surface area contributed by atoms with Crippen molar-refractivity contribution in [3.05, 3.63) is 72.9 Å². The molecule has 0 aliphatic rings. The number of hydrogen-bond acceptors (Lipinski definition) is 8. The second-order valence-corrected chi connectivity index (χ2v) is 15.4. The van der Waals surface area contributed by atoms with Crippen LogP contribution in [0, 0.1) is 0 Å². The number of unbranched alkanes of at least 4 members (excludes halogenated alkanes) is 17. The summed E-state index contributed by atoms with van der Waals surface area (Å²) in [5.41, 5.74) is 5.33. The molecule has 0 amide bonds. The fraction of sp³-hybridized carbons (Fsp3) is 0.689. The standard InChI is InChI=1S/C45H78NO8P/c1-3-5-7-9-11-13-15-17-19-20-21-22-24-25-27-29-31-33-35-37-44(47)51-41-43(42-53-55(49,50)52-40-39-46)54-45(48)38-36-34-32-30-28-26-23-18-16-14-12-10-8-6-4-2/h11,13,17,19,21-22,25,27,32,34,36,38,43H,3-10,12,14-16,18,20,23-24,26,28-31,33,35,37,39-42,46H2,1-2H3,(H,49,50)/b13-11+,19-17+,22-21+,27-25+,34-32+,38-36+/t43-/m1/s1. The van der Waals surface area contributed by atoms with Gasteiger partial charge >= 0.3 is 19.8 Å². The summed E-state index contributed by atoms with van der Waals surface area (Å²) in [6, 6.07) is 0. The van der Waals surface area contributed by atoms with Gasteiger partial charge in [0, 0.05) is 19.0 Å². The maximum absolute atomic E-state index is 12.5. The molecule has 0 aromatic rings. The van der Waals surface area contributed by atoms with E-state index in [0.717, 1.165) is 51.4 Å². The summed E-state index contributed by atoms with van der Waals surface area (Å²) in [5, 5.41) is 0. The van der Waals surface area contributed by atoms with Crippen LogP contribution >= 0.6 is 7.82 Å². The number of carbonyl (C=O) groups is 2. The number of rotatable bonds is 39. The van der Waals surface area contributed by atoms with Gasteiger partial charge in [-0.05, 0) is 64.2 Å². The summed E-state index contributed by atoms with van der Waals surface area (Å²) < 4.78 is 32.5. The van der Waals surface area contributed by atoms with Crippen LogP contribution in [0.1, 0.15) is 168 Å². The van der Waals surface area contributed by atoms with Gasteiger partial charge in [0.2, 0.25) is 0 Å². The molecular weight excluding hydrogens is 713 g/mol. The summed E-state index contributed by atoms with van der Waals surface area (Å²) >= 11 is 0. The van der Waals surface area contributed by atoms with Crippen molar-refractivity contribution in [1.82, 2.24) is 0 Å². The number of ether oxygens (including phenoxy) is 2. The molecule has 316 valence electrons. The Morgan fingerprint density at radius 1 is 0.600 bits per heavy atom.